The lowest BCUT2D eigenvalue weighted by Crippen LogP contribution is -2.16. The van der Waals surface area contributed by atoms with E-state index in [1.807, 2.05) is 12.1 Å². The molecule has 0 aliphatic heterocycles. The highest BCUT2D eigenvalue weighted by Crippen LogP contribution is 2.35. The zero-order chi connectivity index (χ0) is 13.9. The molecule has 0 spiro atoms. The molecular weight excluding hydrogens is 298 g/mol. The third-order valence-corrected chi connectivity index (χ3v) is 4.12. The average molecular weight is 312 g/mol. The Hall–Kier alpha value is -1.40. The number of ether oxygens (including phenoxy) is 1. The minimum absolute atomic E-state index is 0.120. The van der Waals surface area contributed by atoms with Crippen LogP contribution in [0.25, 0.3) is 0 Å². The summed E-state index contributed by atoms with van der Waals surface area (Å²) in [5.74, 6) is 1.48. The van der Waals surface area contributed by atoms with Gasteiger partial charge in [0.1, 0.15) is 5.75 Å². The molecule has 5 nitrogen and oxygen atoms in total. The van der Waals surface area contributed by atoms with Crippen LogP contribution in [-0.4, -0.2) is 27.1 Å². The second-order valence-electron chi connectivity index (χ2n) is 4.57. The van der Waals surface area contributed by atoms with Gasteiger partial charge in [-0.25, -0.2) is 9.89 Å². The van der Waals surface area contributed by atoms with E-state index >= 15 is 0 Å². The van der Waals surface area contributed by atoms with E-state index < -0.39 is 0 Å². The molecule has 1 aliphatic carbocycles. The van der Waals surface area contributed by atoms with E-state index in [0.717, 1.165) is 29.5 Å². The van der Waals surface area contributed by atoms with Crippen LogP contribution in [0.15, 0.2) is 34.2 Å². The summed E-state index contributed by atoms with van der Waals surface area (Å²) in [6.45, 7) is 0.538. The van der Waals surface area contributed by atoms with E-state index in [9.17, 15) is 4.79 Å². The summed E-state index contributed by atoms with van der Waals surface area (Å²) in [6.07, 6.45) is 2.12. The maximum atomic E-state index is 11.6. The Balaban J connectivity index is 1.52. The first-order valence-corrected chi connectivity index (χ1v) is 7.78. The molecule has 1 aliphatic rings. The minimum Gasteiger partial charge on any atom is -0.493 e. The van der Waals surface area contributed by atoms with Gasteiger partial charge in [-0.3, -0.25) is 4.57 Å². The highest BCUT2D eigenvalue weighted by molar-refractivity contribution is 7.99. The molecule has 0 bridgehead atoms. The smallest absolute Gasteiger partial charge is 0.344 e. The SMILES string of the molecule is O=c1[nH]nc(SCCOc2cccc(Cl)c2)n1C1CC1. The first-order valence-electron chi connectivity index (χ1n) is 6.42. The van der Waals surface area contributed by atoms with Gasteiger partial charge in [0.15, 0.2) is 5.16 Å². The van der Waals surface area contributed by atoms with E-state index in [1.54, 1.807) is 16.7 Å². The van der Waals surface area contributed by atoms with Crippen molar-refractivity contribution in [1.82, 2.24) is 14.8 Å². The third-order valence-electron chi connectivity index (χ3n) is 2.96. The van der Waals surface area contributed by atoms with Gasteiger partial charge < -0.3 is 4.74 Å². The number of H-pyrrole nitrogens is 1. The fourth-order valence-corrected chi connectivity index (χ4v) is 2.91. The van der Waals surface area contributed by atoms with Gasteiger partial charge in [-0.2, -0.15) is 0 Å². The summed E-state index contributed by atoms with van der Waals surface area (Å²) in [7, 11) is 0. The predicted octanol–water partition coefficient (Wildman–Crippen LogP) is 2.73. The second-order valence-corrected chi connectivity index (χ2v) is 6.07. The highest BCUT2D eigenvalue weighted by atomic mass is 35.5. The van der Waals surface area contributed by atoms with E-state index in [2.05, 4.69) is 10.2 Å². The van der Waals surface area contributed by atoms with Crippen LogP contribution in [0.5, 0.6) is 5.75 Å². The molecule has 3 rings (SSSR count). The van der Waals surface area contributed by atoms with Gasteiger partial charge in [0.05, 0.1) is 6.61 Å². The molecule has 7 heteroatoms. The first kappa shape index (κ1) is 13.6. The van der Waals surface area contributed by atoms with Gasteiger partial charge >= 0.3 is 5.69 Å². The Morgan fingerprint density at radius 2 is 2.35 bits per heavy atom. The lowest BCUT2D eigenvalue weighted by atomic mass is 10.3. The summed E-state index contributed by atoms with van der Waals surface area (Å²) >= 11 is 7.40. The topological polar surface area (TPSA) is 59.9 Å². The maximum absolute atomic E-state index is 11.6. The van der Waals surface area contributed by atoms with Crippen molar-refractivity contribution in [3.05, 3.63) is 39.8 Å². The standard InChI is InChI=1S/C13H14ClN3O2S/c14-9-2-1-3-11(8-9)19-6-7-20-13-16-15-12(18)17(13)10-4-5-10/h1-3,8,10H,4-7H2,(H,15,18). The van der Waals surface area contributed by atoms with Crippen LogP contribution in [-0.2, 0) is 0 Å². The predicted molar refractivity (Wildman–Crippen MR) is 78.8 cm³/mol. The first-order chi connectivity index (χ1) is 9.74. The Kier molecular flexibility index (Phi) is 4.03. The van der Waals surface area contributed by atoms with E-state index in [1.165, 1.54) is 11.8 Å². The average Bonchev–Trinajstić information content (AvgIpc) is 3.19. The zero-order valence-corrected chi connectivity index (χ0v) is 12.3. The van der Waals surface area contributed by atoms with Gasteiger partial charge in [0.25, 0.3) is 0 Å². The van der Waals surface area contributed by atoms with Crippen LogP contribution in [0.3, 0.4) is 0 Å². The van der Waals surface area contributed by atoms with Crippen molar-refractivity contribution in [3.8, 4) is 5.75 Å². The molecule has 1 saturated carbocycles. The Labute approximate surface area is 125 Å². The number of hydrogen-bond acceptors (Lipinski definition) is 4. The van der Waals surface area contributed by atoms with Crippen molar-refractivity contribution in [2.45, 2.75) is 24.0 Å². The molecule has 1 N–H and O–H groups in total. The van der Waals surface area contributed by atoms with Gasteiger partial charge in [0, 0.05) is 16.8 Å². The van der Waals surface area contributed by atoms with Crippen molar-refractivity contribution >= 4 is 23.4 Å². The van der Waals surface area contributed by atoms with Crippen LogP contribution < -0.4 is 10.4 Å². The number of rotatable bonds is 6. The summed E-state index contributed by atoms with van der Waals surface area (Å²) in [5, 5.41) is 7.95. The molecule has 1 fully saturated rings. The van der Waals surface area contributed by atoms with Crippen LogP contribution in [0.4, 0.5) is 0 Å². The fraction of sp³-hybridized carbons (Fsp3) is 0.385. The molecule has 0 amide bonds. The lowest BCUT2D eigenvalue weighted by molar-refractivity contribution is 0.344. The van der Waals surface area contributed by atoms with E-state index in [0.29, 0.717) is 17.7 Å². The lowest BCUT2D eigenvalue weighted by Gasteiger charge is -2.06. The Bertz CT molecular complexity index is 651. The Morgan fingerprint density at radius 1 is 1.50 bits per heavy atom. The molecule has 106 valence electrons. The third kappa shape index (κ3) is 3.19. The normalized spacial score (nSPS) is 14.4. The van der Waals surface area contributed by atoms with Gasteiger partial charge in [-0.1, -0.05) is 29.4 Å². The minimum atomic E-state index is -0.120. The Morgan fingerprint density at radius 3 is 3.10 bits per heavy atom. The quantitative estimate of drug-likeness (QED) is 0.658. The van der Waals surface area contributed by atoms with Crippen molar-refractivity contribution in [1.29, 1.82) is 0 Å². The van der Waals surface area contributed by atoms with Crippen molar-refractivity contribution < 1.29 is 4.74 Å². The molecule has 1 heterocycles. The number of nitrogens with one attached hydrogen (secondary N) is 1. The molecule has 0 atom stereocenters. The molecular formula is C13H14ClN3O2S. The van der Waals surface area contributed by atoms with Crippen molar-refractivity contribution in [2.24, 2.45) is 0 Å². The van der Waals surface area contributed by atoms with Gasteiger partial charge in [-0.15, -0.1) is 5.10 Å². The van der Waals surface area contributed by atoms with Crippen LogP contribution in [0, 0.1) is 0 Å². The number of thioether (sulfide) groups is 1. The van der Waals surface area contributed by atoms with Crippen LogP contribution in [0.1, 0.15) is 18.9 Å². The molecule has 0 unspecified atom stereocenters. The summed E-state index contributed by atoms with van der Waals surface area (Å²) in [6, 6.07) is 7.63. The molecule has 2 aromatic rings. The van der Waals surface area contributed by atoms with Gasteiger partial charge in [0.2, 0.25) is 0 Å². The monoisotopic (exact) mass is 311 g/mol. The van der Waals surface area contributed by atoms with Crippen molar-refractivity contribution in [3.63, 3.8) is 0 Å². The number of benzene rings is 1. The number of aromatic nitrogens is 3. The maximum Gasteiger partial charge on any atom is 0.344 e. The van der Waals surface area contributed by atoms with Crippen LogP contribution >= 0.6 is 23.4 Å². The van der Waals surface area contributed by atoms with E-state index in [-0.39, 0.29) is 5.69 Å². The van der Waals surface area contributed by atoms with Gasteiger partial charge in [-0.05, 0) is 31.0 Å². The van der Waals surface area contributed by atoms with Crippen molar-refractivity contribution in [2.75, 3.05) is 12.4 Å². The molecule has 20 heavy (non-hydrogen) atoms. The second kappa shape index (κ2) is 5.93. The zero-order valence-electron chi connectivity index (χ0n) is 10.7. The largest absolute Gasteiger partial charge is 0.493 e. The molecule has 0 radical (unpaired) electrons. The summed E-state index contributed by atoms with van der Waals surface area (Å²) in [5.41, 5.74) is -0.120. The summed E-state index contributed by atoms with van der Waals surface area (Å²) < 4.78 is 7.34. The highest BCUT2D eigenvalue weighted by Gasteiger charge is 2.28. The van der Waals surface area contributed by atoms with Crippen LogP contribution in [0.2, 0.25) is 5.02 Å². The summed E-state index contributed by atoms with van der Waals surface area (Å²) in [4.78, 5) is 11.6. The molecule has 1 aromatic carbocycles. The number of nitrogens with zero attached hydrogens (tertiary/aromatic N) is 2. The molecule has 0 saturated heterocycles. The fourth-order valence-electron chi connectivity index (χ4n) is 1.90. The number of halogens is 1. The number of hydrogen-bond donors (Lipinski definition) is 1. The molecule has 1 aromatic heterocycles. The van der Waals surface area contributed by atoms with E-state index in [4.69, 9.17) is 16.3 Å². The number of aromatic amines is 1.